The molecule has 3 nitrogen and oxygen atoms in total. The number of esters is 1. The summed E-state index contributed by atoms with van der Waals surface area (Å²) in [6.45, 7) is 5.59. The van der Waals surface area contributed by atoms with Gasteiger partial charge in [0.2, 0.25) is 0 Å². The van der Waals surface area contributed by atoms with Gasteiger partial charge in [-0.1, -0.05) is 15.9 Å². The molecule has 0 aliphatic rings. The number of rotatable bonds is 4. The fraction of sp³-hybridized carbons (Fsp3) is 0.333. The van der Waals surface area contributed by atoms with Crippen molar-refractivity contribution in [2.75, 3.05) is 6.61 Å². The van der Waals surface area contributed by atoms with Gasteiger partial charge in [0.15, 0.2) is 0 Å². The molecule has 0 amide bonds. The Labute approximate surface area is 135 Å². The average molecular weight is 372 g/mol. The third-order valence-electron chi connectivity index (χ3n) is 3.09. The normalized spacial score (nSPS) is 11.5. The molecular formula is C15H15BrFNO2S. The second kappa shape index (κ2) is 6.23. The number of ether oxygens (including phenoxy) is 1. The lowest BCUT2D eigenvalue weighted by atomic mass is 9.90. The van der Waals surface area contributed by atoms with Gasteiger partial charge < -0.3 is 4.74 Å². The molecule has 1 aromatic carbocycles. The standard InChI is InChI=1S/C15H15BrFNO2S/c1-4-20-14(19)15(2,3)12-8-21-13(18-12)10-6-5-9(16)7-11(10)17/h5-8H,4H2,1-3H3. The van der Waals surface area contributed by atoms with Crippen LogP contribution in [0.15, 0.2) is 28.1 Å². The van der Waals surface area contributed by atoms with Crippen LogP contribution in [0.3, 0.4) is 0 Å². The molecule has 0 unspecified atom stereocenters. The summed E-state index contributed by atoms with van der Waals surface area (Å²) in [4.78, 5) is 16.4. The van der Waals surface area contributed by atoms with Crippen molar-refractivity contribution in [1.82, 2.24) is 4.98 Å². The Morgan fingerprint density at radius 2 is 2.19 bits per heavy atom. The number of thiazole rings is 1. The predicted octanol–water partition coefficient (Wildman–Crippen LogP) is 4.55. The van der Waals surface area contributed by atoms with Gasteiger partial charge in [-0.2, -0.15) is 0 Å². The Hall–Kier alpha value is -1.27. The first kappa shape index (κ1) is 16.1. The average Bonchev–Trinajstić information content (AvgIpc) is 2.89. The maximum Gasteiger partial charge on any atom is 0.317 e. The predicted molar refractivity (Wildman–Crippen MR) is 84.9 cm³/mol. The molecule has 0 saturated carbocycles. The minimum Gasteiger partial charge on any atom is -0.465 e. The summed E-state index contributed by atoms with van der Waals surface area (Å²) in [6.07, 6.45) is 0. The van der Waals surface area contributed by atoms with Crippen LogP contribution in [0.2, 0.25) is 0 Å². The molecule has 6 heteroatoms. The highest BCUT2D eigenvalue weighted by Gasteiger charge is 2.34. The molecule has 0 aliphatic heterocycles. The van der Waals surface area contributed by atoms with Crippen molar-refractivity contribution < 1.29 is 13.9 Å². The number of benzene rings is 1. The Morgan fingerprint density at radius 1 is 1.48 bits per heavy atom. The second-order valence-electron chi connectivity index (χ2n) is 5.01. The summed E-state index contributed by atoms with van der Waals surface area (Å²) in [5.41, 5.74) is 0.161. The molecule has 2 aromatic rings. The molecule has 1 aromatic heterocycles. The summed E-state index contributed by atoms with van der Waals surface area (Å²) in [6, 6.07) is 4.82. The van der Waals surface area contributed by atoms with Crippen LogP contribution in [0.4, 0.5) is 4.39 Å². The van der Waals surface area contributed by atoms with Gasteiger partial charge in [-0.05, 0) is 39.0 Å². The zero-order valence-corrected chi connectivity index (χ0v) is 14.3. The fourth-order valence-electron chi connectivity index (χ4n) is 1.76. The number of carbonyl (C=O) groups excluding carboxylic acids is 1. The van der Waals surface area contributed by atoms with Crippen molar-refractivity contribution in [1.29, 1.82) is 0 Å². The first-order chi connectivity index (χ1) is 9.86. The minimum atomic E-state index is -0.851. The molecule has 0 saturated heterocycles. The van der Waals surface area contributed by atoms with E-state index in [1.807, 2.05) is 0 Å². The van der Waals surface area contributed by atoms with Crippen LogP contribution in [0.1, 0.15) is 26.5 Å². The maximum atomic E-state index is 14.0. The van der Waals surface area contributed by atoms with E-state index in [1.54, 1.807) is 38.3 Å². The van der Waals surface area contributed by atoms with E-state index >= 15 is 0 Å². The molecule has 112 valence electrons. The van der Waals surface area contributed by atoms with Crippen molar-refractivity contribution in [2.24, 2.45) is 0 Å². The molecule has 1 heterocycles. The van der Waals surface area contributed by atoms with E-state index in [0.29, 0.717) is 27.3 Å². The number of nitrogens with zero attached hydrogens (tertiary/aromatic N) is 1. The number of carbonyl (C=O) groups is 1. The monoisotopic (exact) mass is 371 g/mol. The van der Waals surface area contributed by atoms with Crippen LogP contribution in [-0.4, -0.2) is 17.6 Å². The van der Waals surface area contributed by atoms with Crippen molar-refractivity contribution >= 4 is 33.2 Å². The van der Waals surface area contributed by atoms with Crippen LogP contribution in [0.5, 0.6) is 0 Å². The lowest BCUT2D eigenvalue weighted by molar-refractivity contribution is -0.148. The Kier molecular flexibility index (Phi) is 4.78. The van der Waals surface area contributed by atoms with E-state index in [4.69, 9.17) is 4.74 Å². The van der Waals surface area contributed by atoms with Crippen LogP contribution in [0.25, 0.3) is 10.6 Å². The van der Waals surface area contributed by atoms with Crippen molar-refractivity contribution in [3.8, 4) is 10.6 Å². The Balaban J connectivity index is 2.35. The van der Waals surface area contributed by atoms with Gasteiger partial charge in [0.25, 0.3) is 0 Å². The molecular weight excluding hydrogens is 357 g/mol. The van der Waals surface area contributed by atoms with E-state index in [1.165, 1.54) is 17.4 Å². The van der Waals surface area contributed by atoms with Gasteiger partial charge in [0.1, 0.15) is 16.2 Å². The molecule has 21 heavy (non-hydrogen) atoms. The topological polar surface area (TPSA) is 39.2 Å². The number of hydrogen-bond donors (Lipinski definition) is 0. The van der Waals surface area contributed by atoms with Gasteiger partial charge in [0, 0.05) is 15.4 Å². The van der Waals surface area contributed by atoms with E-state index < -0.39 is 5.41 Å². The van der Waals surface area contributed by atoms with Crippen LogP contribution >= 0.6 is 27.3 Å². The highest BCUT2D eigenvalue weighted by Crippen LogP contribution is 2.33. The van der Waals surface area contributed by atoms with Crippen LogP contribution < -0.4 is 0 Å². The summed E-state index contributed by atoms with van der Waals surface area (Å²) >= 11 is 4.53. The third kappa shape index (κ3) is 3.32. The Morgan fingerprint density at radius 3 is 2.81 bits per heavy atom. The van der Waals surface area contributed by atoms with Crippen molar-refractivity contribution in [3.63, 3.8) is 0 Å². The SMILES string of the molecule is CCOC(=O)C(C)(C)c1csc(-c2ccc(Br)cc2F)n1. The summed E-state index contributed by atoms with van der Waals surface area (Å²) in [7, 11) is 0. The van der Waals surface area contributed by atoms with E-state index in [-0.39, 0.29) is 11.8 Å². The van der Waals surface area contributed by atoms with Crippen LogP contribution in [-0.2, 0) is 14.9 Å². The molecule has 0 bridgehead atoms. The molecule has 0 atom stereocenters. The summed E-state index contributed by atoms with van der Waals surface area (Å²) in [5, 5.41) is 2.32. The molecule has 0 aliphatic carbocycles. The number of halogens is 2. The van der Waals surface area contributed by atoms with Gasteiger partial charge in [-0.25, -0.2) is 9.37 Å². The number of hydrogen-bond acceptors (Lipinski definition) is 4. The molecule has 0 N–H and O–H groups in total. The van der Waals surface area contributed by atoms with Gasteiger partial charge in [0.05, 0.1) is 12.3 Å². The van der Waals surface area contributed by atoms with Crippen molar-refractivity contribution in [2.45, 2.75) is 26.2 Å². The highest BCUT2D eigenvalue weighted by molar-refractivity contribution is 9.10. The molecule has 0 spiro atoms. The van der Waals surface area contributed by atoms with Crippen LogP contribution in [0, 0.1) is 5.82 Å². The first-order valence-corrected chi connectivity index (χ1v) is 8.12. The quantitative estimate of drug-likeness (QED) is 0.739. The van der Waals surface area contributed by atoms with Gasteiger partial charge in [-0.15, -0.1) is 11.3 Å². The first-order valence-electron chi connectivity index (χ1n) is 6.45. The van der Waals surface area contributed by atoms with Gasteiger partial charge >= 0.3 is 5.97 Å². The minimum absolute atomic E-state index is 0.320. The summed E-state index contributed by atoms with van der Waals surface area (Å²) < 4.78 is 19.7. The van der Waals surface area contributed by atoms with Crippen molar-refractivity contribution in [3.05, 3.63) is 39.6 Å². The fourth-order valence-corrected chi connectivity index (χ4v) is 3.11. The zero-order chi connectivity index (χ0) is 15.6. The third-order valence-corrected chi connectivity index (χ3v) is 4.46. The van der Waals surface area contributed by atoms with Gasteiger partial charge in [-0.3, -0.25) is 4.79 Å². The molecule has 0 fully saturated rings. The zero-order valence-electron chi connectivity index (χ0n) is 11.9. The lowest BCUT2D eigenvalue weighted by Crippen LogP contribution is -2.31. The maximum absolute atomic E-state index is 14.0. The highest BCUT2D eigenvalue weighted by atomic mass is 79.9. The molecule has 0 radical (unpaired) electrons. The van der Waals surface area contributed by atoms with E-state index in [2.05, 4.69) is 20.9 Å². The Bertz CT molecular complexity index is 669. The molecule has 2 rings (SSSR count). The van der Waals surface area contributed by atoms with E-state index in [0.717, 1.165) is 0 Å². The smallest absolute Gasteiger partial charge is 0.317 e. The largest absolute Gasteiger partial charge is 0.465 e. The lowest BCUT2D eigenvalue weighted by Gasteiger charge is -2.19. The second-order valence-corrected chi connectivity index (χ2v) is 6.78. The summed E-state index contributed by atoms with van der Waals surface area (Å²) in [5.74, 6) is -0.683. The number of aromatic nitrogens is 1. The van der Waals surface area contributed by atoms with E-state index in [9.17, 15) is 9.18 Å².